The molecule has 0 fully saturated rings. The smallest absolute Gasteiger partial charge is 0.163 e. The van der Waals surface area contributed by atoms with E-state index in [-0.39, 0.29) is 0 Å². The van der Waals surface area contributed by atoms with Crippen molar-refractivity contribution in [3.63, 3.8) is 0 Å². The highest BCUT2D eigenvalue weighted by Gasteiger charge is 2.11. The van der Waals surface area contributed by atoms with Crippen molar-refractivity contribution >= 4 is 38.1 Å². The van der Waals surface area contributed by atoms with Gasteiger partial charge in [0.15, 0.2) is 5.82 Å². The van der Waals surface area contributed by atoms with Crippen LogP contribution in [0.3, 0.4) is 0 Å². The Morgan fingerprint density at radius 2 is 1.86 bits per heavy atom. The van der Waals surface area contributed by atoms with Crippen LogP contribution in [0.5, 0.6) is 0 Å². The first-order valence-electron chi connectivity index (χ1n) is 6.73. The van der Waals surface area contributed by atoms with Gasteiger partial charge < -0.3 is 5.73 Å². The van der Waals surface area contributed by atoms with E-state index in [4.69, 9.17) is 5.73 Å². The summed E-state index contributed by atoms with van der Waals surface area (Å²) in [7, 11) is 0. The van der Waals surface area contributed by atoms with E-state index in [1.165, 1.54) is 10.1 Å². The van der Waals surface area contributed by atoms with Gasteiger partial charge in [0.1, 0.15) is 5.82 Å². The second kappa shape index (κ2) is 4.53. The zero-order chi connectivity index (χ0) is 14.4. The zero-order valence-electron chi connectivity index (χ0n) is 11.5. The van der Waals surface area contributed by atoms with Gasteiger partial charge in [0, 0.05) is 26.4 Å². The van der Waals surface area contributed by atoms with Crippen LogP contribution in [0.4, 0.5) is 5.82 Å². The van der Waals surface area contributed by atoms with E-state index in [9.17, 15) is 0 Å². The Labute approximate surface area is 126 Å². The molecular formula is C17H13N3S. The average Bonchev–Trinajstić information content (AvgIpc) is 2.92. The second-order valence-corrected chi connectivity index (χ2v) is 6.01. The number of nitrogen functional groups attached to an aromatic ring is 1. The molecule has 4 rings (SSSR count). The Balaban J connectivity index is 2.00. The molecule has 0 spiro atoms. The van der Waals surface area contributed by atoms with Crippen LogP contribution in [-0.2, 0) is 0 Å². The SMILES string of the molecule is Cc1ccc2nc(-c3csc4ccccc34)nc(N)c2c1. The molecule has 0 aliphatic rings. The van der Waals surface area contributed by atoms with Crippen molar-refractivity contribution < 1.29 is 0 Å². The number of fused-ring (bicyclic) bond motifs is 2. The minimum absolute atomic E-state index is 0.536. The first-order valence-corrected chi connectivity index (χ1v) is 7.61. The maximum atomic E-state index is 6.13. The molecule has 2 aromatic carbocycles. The van der Waals surface area contributed by atoms with E-state index in [1.807, 2.05) is 37.3 Å². The Kier molecular flexibility index (Phi) is 2.65. The van der Waals surface area contributed by atoms with Crippen LogP contribution in [0.1, 0.15) is 5.56 Å². The lowest BCUT2D eigenvalue weighted by molar-refractivity contribution is 1.24. The van der Waals surface area contributed by atoms with Crippen molar-refractivity contribution in [3.8, 4) is 11.4 Å². The van der Waals surface area contributed by atoms with Crippen LogP contribution >= 0.6 is 11.3 Å². The van der Waals surface area contributed by atoms with Crippen LogP contribution in [0.2, 0.25) is 0 Å². The fourth-order valence-electron chi connectivity index (χ4n) is 2.54. The molecule has 4 aromatic rings. The molecule has 0 unspecified atom stereocenters. The van der Waals surface area contributed by atoms with Gasteiger partial charge in [0.25, 0.3) is 0 Å². The first kappa shape index (κ1) is 12.3. The maximum Gasteiger partial charge on any atom is 0.163 e. The van der Waals surface area contributed by atoms with Gasteiger partial charge in [-0.25, -0.2) is 9.97 Å². The molecule has 0 bridgehead atoms. The molecule has 4 heteroatoms. The standard InChI is InChI=1S/C17H13N3S/c1-10-6-7-14-12(8-10)16(18)20-17(19-14)13-9-21-15-5-3-2-4-11(13)15/h2-9H,1H3,(H2,18,19,20). The van der Waals surface area contributed by atoms with E-state index >= 15 is 0 Å². The summed E-state index contributed by atoms with van der Waals surface area (Å²) in [5.74, 6) is 1.23. The Hall–Kier alpha value is -2.46. The summed E-state index contributed by atoms with van der Waals surface area (Å²) in [6.07, 6.45) is 0. The number of nitrogens with zero attached hydrogens (tertiary/aromatic N) is 2. The lowest BCUT2D eigenvalue weighted by Crippen LogP contribution is -1.97. The molecule has 2 N–H and O–H groups in total. The summed E-state index contributed by atoms with van der Waals surface area (Å²) < 4.78 is 1.23. The predicted octanol–water partition coefficient (Wildman–Crippen LogP) is 4.40. The van der Waals surface area contributed by atoms with Crippen LogP contribution < -0.4 is 5.73 Å². The number of thiophene rings is 1. The lowest BCUT2D eigenvalue weighted by atomic mass is 10.1. The molecule has 0 atom stereocenters. The second-order valence-electron chi connectivity index (χ2n) is 5.10. The van der Waals surface area contributed by atoms with Crippen molar-refractivity contribution in [3.05, 3.63) is 53.4 Å². The predicted molar refractivity (Wildman–Crippen MR) is 89.5 cm³/mol. The maximum absolute atomic E-state index is 6.13. The van der Waals surface area contributed by atoms with Crippen molar-refractivity contribution in [1.29, 1.82) is 0 Å². The quantitative estimate of drug-likeness (QED) is 0.565. The normalized spacial score (nSPS) is 11.3. The van der Waals surface area contributed by atoms with Gasteiger partial charge in [-0.1, -0.05) is 29.8 Å². The summed E-state index contributed by atoms with van der Waals surface area (Å²) in [5, 5.41) is 4.19. The van der Waals surface area contributed by atoms with E-state index in [1.54, 1.807) is 11.3 Å². The molecule has 21 heavy (non-hydrogen) atoms. The minimum atomic E-state index is 0.536. The van der Waals surface area contributed by atoms with Gasteiger partial charge in [-0.15, -0.1) is 11.3 Å². The van der Waals surface area contributed by atoms with Crippen LogP contribution in [-0.4, -0.2) is 9.97 Å². The van der Waals surface area contributed by atoms with Crippen molar-refractivity contribution in [2.45, 2.75) is 6.92 Å². The average molecular weight is 291 g/mol. The van der Waals surface area contributed by atoms with Crippen molar-refractivity contribution in [2.75, 3.05) is 5.73 Å². The molecule has 0 aliphatic carbocycles. The van der Waals surface area contributed by atoms with E-state index in [0.29, 0.717) is 11.6 Å². The number of nitrogens with two attached hydrogens (primary N) is 1. The number of hydrogen-bond donors (Lipinski definition) is 1. The van der Waals surface area contributed by atoms with Gasteiger partial charge in [-0.2, -0.15) is 0 Å². The molecule has 3 nitrogen and oxygen atoms in total. The Morgan fingerprint density at radius 3 is 2.76 bits per heavy atom. The molecule has 102 valence electrons. The third kappa shape index (κ3) is 1.96. The van der Waals surface area contributed by atoms with Gasteiger partial charge in [0.05, 0.1) is 5.52 Å². The van der Waals surface area contributed by atoms with Crippen LogP contribution in [0.15, 0.2) is 47.8 Å². The monoisotopic (exact) mass is 291 g/mol. The van der Waals surface area contributed by atoms with Gasteiger partial charge >= 0.3 is 0 Å². The molecule has 0 amide bonds. The fraction of sp³-hybridized carbons (Fsp3) is 0.0588. The molecule has 0 saturated carbocycles. The lowest BCUT2D eigenvalue weighted by Gasteiger charge is -2.05. The van der Waals surface area contributed by atoms with Crippen LogP contribution in [0, 0.1) is 6.92 Å². The van der Waals surface area contributed by atoms with Crippen LogP contribution in [0.25, 0.3) is 32.4 Å². The summed E-state index contributed by atoms with van der Waals surface area (Å²) in [4.78, 5) is 9.19. The van der Waals surface area contributed by atoms with E-state index in [0.717, 1.165) is 22.0 Å². The van der Waals surface area contributed by atoms with Gasteiger partial charge in [-0.05, 0) is 25.1 Å². The first-order chi connectivity index (χ1) is 10.2. The Bertz CT molecular complexity index is 972. The largest absolute Gasteiger partial charge is 0.383 e. The number of aryl methyl sites for hydroxylation is 1. The van der Waals surface area contributed by atoms with Gasteiger partial charge in [-0.3, -0.25) is 0 Å². The molecule has 2 aromatic heterocycles. The molecule has 2 heterocycles. The fourth-order valence-corrected chi connectivity index (χ4v) is 3.48. The summed E-state index contributed by atoms with van der Waals surface area (Å²) in [6, 6.07) is 14.4. The highest BCUT2D eigenvalue weighted by molar-refractivity contribution is 7.17. The van der Waals surface area contributed by atoms with Crippen molar-refractivity contribution in [2.24, 2.45) is 0 Å². The van der Waals surface area contributed by atoms with Gasteiger partial charge in [0.2, 0.25) is 0 Å². The highest BCUT2D eigenvalue weighted by atomic mass is 32.1. The summed E-state index contributed by atoms with van der Waals surface area (Å²) in [5.41, 5.74) is 9.22. The third-order valence-corrected chi connectivity index (χ3v) is 4.57. The topological polar surface area (TPSA) is 51.8 Å². The number of anilines is 1. The molecule has 0 saturated heterocycles. The number of aromatic nitrogens is 2. The summed E-state index contributed by atoms with van der Waals surface area (Å²) >= 11 is 1.70. The number of rotatable bonds is 1. The molecule has 0 aliphatic heterocycles. The molecular weight excluding hydrogens is 278 g/mol. The highest BCUT2D eigenvalue weighted by Crippen LogP contribution is 2.33. The summed E-state index contributed by atoms with van der Waals surface area (Å²) in [6.45, 7) is 2.04. The number of hydrogen-bond acceptors (Lipinski definition) is 4. The third-order valence-electron chi connectivity index (χ3n) is 3.60. The zero-order valence-corrected chi connectivity index (χ0v) is 12.3. The minimum Gasteiger partial charge on any atom is -0.383 e. The van der Waals surface area contributed by atoms with Crippen molar-refractivity contribution in [1.82, 2.24) is 9.97 Å². The van der Waals surface area contributed by atoms with E-state index < -0.39 is 0 Å². The Morgan fingerprint density at radius 1 is 1.00 bits per heavy atom. The molecule has 0 radical (unpaired) electrons. The van der Waals surface area contributed by atoms with E-state index in [2.05, 4.69) is 27.5 Å². The number of benzene rings is 2.